The van der Waals surface area contributed by atoms with Crippen LogP contribution in [-0.2, 0) is 33.1 Å². The van der Waals surface area contributed by atoms with E-state index in [1.54, 1.807) is 17.6 Å². The number of cyclic esters (lactones) is 1. The molecule has 1 atom stereocenters. The molecule has 3 aromatic rings. The van der Waals surface area contributed by atoms with Crippen LogP contribution in [0.4, 0.5) is 10.1 Å². The Morgan fingerprint density at radius 1 is 1.27 bits per heavy atom. The molecule has 41 heavy (non-hydrogen) atoms. The van der Waals surface area contributed by atoms with Crippen molar-refractivity contribution in [3.63, 3.8) is 0 Å². The fourth-order valence-corrected chi connectivity index (χ4v) is 6.11. The SMILES string of the molecule is CC[C@@]1(O)C(=O)OCc2c1cc1n(c2=O)Cc2c-1nc1cc(F)c3c(c1c2C)N(CCNC(=O)CCCN)CCO3. The van der Waals surface area contributed by atoms with E-state index < -0.39 is 17.4 Å². The van der Waals surface area contributed by atoms with Crippen molar-refractivity contribution < 1.29 is 28.6 Å². The van der Waals surface area contributed by atoms with E-state index in [9.17, 15) is 19.5 Å². The van der Waals surface area contributed by atoms with Crippen LogP contribution in [0.15, 0.2) is 16.9 Å². The number of halogens is 1. The fourth-order valence-electron chi connectivity index (χ4n) is 6.11. The monoisotopic (exact) mass is 565 g/mol. The van der Waals surface area contributed by atoms with E-state index in [1.165, 1.54) is 6.07 Å². The van der Waals surface area contributed by atoms with Crippen molar-refractivity contribution in [2.45, 2.75) is 51.9 Å². The van der Waals surface area contributed by atoms with Crippen molar-refractivity contribution in [1.82, 2.24) is 14.9 Å². The molecule has 12 heteroatoms. The summed E-state index contributed by atoms with van der Waals surface area (Å²) in [6, 6.07) is 2.97. The molecule has 4 N–H and O–H groups in total. The van der Waals surface area contributed by atoms with Crippen LogP contribution in [0.3, 0.4) is 0 Å². The maximum Gasteiger partial charge on any atom is 0.343 e. The molecule has 11 nitrogen and oxygen atoms in total. The third-order valence-corrected chi connectivity index (χ3v) is 8.37. The summed E-state index contributed by atoms with van der Waals surface area (Å²) in [6.45, 7) is 5.61. The molecule has 5 heterocycles. The van der Waals surface area contributed by atoms with Gasteiger partial charge >= 0.3 is 5.97 Å². The highest BCUT2D eigenvalue weighted by Crippen LogP contribution is 2.46. The van der Waals surface area contributed by atoms with Crippen LogP contribution in [-0.4, -0.2) is 59.3 Å². The molecule has 0 spiro atoms. The molecule has 1 amide bonds. The molecular formula is C29H32FN5O6. The number of nitrogens with zero attached hydrogens (tertiary/aromatic N) is 3. The summed E-state index contributed by atoms with van der Waals surface area (Å²) in [5.74, 6) is -1.30. The summed E-state index contributed by atoms with van der Waals surface area (Å²) in [5.41, 5.74) is 7.20. The first kappa shape index (κ1) is 27.2. The topological polar surface area (TPSA) is 149 Å². The van der Waals surface area contributed by atoms with Gasteiger partial charge in [-0.25, -0.2) is 14.2 Å². The van der Waals surface area contributed by atoms with Gasteiger partial charge in [0.1, 0.15) is 13.2 Å². The van der Waals surface area contributed by atoms with Crippen molar-refractivity contribution >= 4 is 28.5 Å². The Hall–Kier alpha value is -4.03. The Bertz CT molecular complexity index is 1670. The number of pyridine rings is 2. The minimum atomic E-state index is -1.93. The molecule has 3 aliphatic rings. The lowest BCUT2D eigenvalue weighted by Crippen LogP contribution is -2.44. The highest BCUT2D eigenvalue weighted by atomic mass is 19.1. The van der Waals surface area contributed by atoms with E-state index >= 15 is 4.39 Å². The lowest BCUT2D eigenvalue weighted by Gasteiger charge is -2.33. The molecule has 216 valence electrons. The number of hydrogen-bond acceptors (Lipinski definition) is 9. The van der Waals surface area contributed by atoms with Gasteiger partial charge in [0.2, 0.25) is 5.91 Å². The molecule has 6 rings (SSSR count). The number of amides is 1. The molecule has 1 aromatic carbocycles. The summed E-state index contributed by atoms with van der Waals surface area (Å²) in [4.78, 5) is 45.0. The Labute approximate surface area is 235 Å². The van der Waals surface area contributed by atoms with Crippen molar-refractivity contribution in [3.8, 4) is 17.1 Å². The summed E-state index contributed by atoms with van der Waals surface area (Å²) in [7, 11) is 0. The normalized spacial score (nSPS) is 18.8. The number of aliphatic hydroxyl groups is 1. The molecule has 0 unspecified atom stereocenters. The molecular weight excluding hydrogens is 533 g/mol. The second kappa shape index (κ2) is 10.1. The lowest BCUT2D eigenvalue weighted by atomic mass is 9.86. The molecule has 3 aliphatic heterocycles. The number of nitrogens with two attached hydrogens (primary N) is 1. The molecule has 0 saturated heterocycles. The number of anilines is 1. The Balaban J connectivity index is 1.45. The smallest absolute Gasteiger partial charge is 0.343 e. The first-order valence-electron chi connectivity index (χ1n) is 13.9. The van der Waals surface area contributed by atoms with Crippen molar-refractivity contribution in [2.24, 2.45) is 5.73 Å². The van der Waals surface area contributed by atoms with E-state index in [2.05, 4.69) is 5.32 Å². The number of ether oxygens (including phenoxy) is 2. The molecule has 2 aromatic heterocycles. The third-order valence-electron chi connectivity index (χ3n) is 8.37. The van der Waals surface area contributed by atoms with Gasteiger partial charge in [-0.2, -0.15) is 0 Å². The van der Waals surface area contributed by atoms with Gasteiger partial charge in [-0.15, -0.1) is 0 Å². The first-order chi connectivity index (χ1) is 19.7. The maximum atomic E-state index is 15.4. The van der Waals surface area contributed by atoms with Gasteiger partial charge in [-0.3, -0.25) is 9.59 Å². The highest BCUT2D eigenvalue weighted by Gasteiger charge is 2.45. The summed E-state index contributed by atoms with van der Waals surface area (Å²) in [6.07, 6.45) is 0.995. The number of carbonyl (C=O) groups excluding carboxylic acids is 2. The number of rotatable bonds is 7. The minimum Gasteiger partial charge on any atom is -0.486 e. The van der Waals surface area contributed by atoms with E-state index in [0.29, 0.717) is 73.6 Å². The van der Waals surface area contributed by atoms with Crippen LogP contribution in [0.2, 0.25) is 0 Å². The third kappa shape index (κ3) is 4.15. The van der Waals surface area contributed by atoms with Gasteiger partial charge in [0.05, 0.1) is 41.2 Å². The Morgan fingerprint density at radius 2 is 2.07 bits per heavy atom. The maximum absolute atomic E-state index is 15.4. The number of carbonyl (C=O) groups is 2. The average molecular weight is 566 g/mol. The van der Waals surface area contributed by atoms with Crippen LogP contribution in [0.1, 0.15) is 48.4 Å². The van der Waals surface area contributed by atoms with Crippen molar-refractivity contribution in [1.29, 1.82) is 0 Å². The highest BCUT2D eigenvalue weighted by molar-refractivity contribution is 6.01. The minimum absolute atomic E-state index is 0.0411. The second-order valence-corrected chi connectivity index (χ2v) is 10.7. The molecule has 0 bridgehead atoms. The quantitative estimate of drug-likeness (QED) is 0.284. The average Bonchev–Trinajstić information content (AvgIpc) is 3.33. The Kier molecular flexibility index (Phi) is 6.69. The number of benzene rings is 1. The Morgan fingerprint density at radius 3 is 2.83 bits per heavy atom. The number of aromatic nitrogens is 2. The number of fused-ring (bicyclic) bond motifs is 7. The van der Waals surface area contributed by atoms with Gasteiger partial charge in [-0.05, 0) is 37.9 Å². The lowest BCUT2D eigenvalue weighted by molar-refractivity contribution is -0.172. The van der Waals surface area contributed by atoms with Crippen LogP contribution in [0.25, 0.3) is 22.3 Å². The standard InChI is InChI=1S/C29H32FN5O6/c1-3-29(39)18-11-21-24-16(13-35(21)27(37)17(18)14-41-28(29)38)15(2)23-20(33-24)12-19(30)26-25(23)34(9-10-40-26)8-7-32-22(36)5-4-6-31/h11-12,39H,3-10,13-14,31H2,1-2H3,(H,32,36)/t29-/m0/s1. The van der Waals surface area contributed by atoms with Crippen LogP contribution < -0.4 is 26.2 Å². The van der Waals surface area contributed by atoms with E-state index in [0.717, 1.165) is 11.1 Å². The van der Waals surface area contributed by atoms with Crippen molar-refractivity contribution in [3.05, 3.63) is 50.6 Å². The predicted molar refractivity (Wildman–Crippen MR) is 148 cm³/mol. The predicted octanol–water partition coefficient (Wildman–Crippen LogP) is 1.58. The van der Waals surface area contributed by atoms with E-state index in [-0.39, 0.29) is 47.9 Å². The zero-order valence-corrected chi connectivity index (χ0v) is 23.0. The van der Waals surface area contributed by atoms with Gasteiger partial charge in [0.15, 0.2) is 17.2 Å². The van der Waals surface area contributed by atoms with Crippen LogP contribution >= 0.6 is 0 Å². The number of hydrogen-bond donors (Lipinski definition) is 3. The molecule has 0 radical (unpaired) electrons. The van der Waals surface area contributed by atoms with Crippen LogP contribution in [0, 0.1) is 12.7 Å². The summed E-state index contributed by atoms with van der Waals surface area (Å²) >= 11 is 0. The molecule has 0 aliphatic carbocycles. The van der Waals surface area contributed by atoms with Gasteiger partial charge in [0, 0.05) is 42.1 Å². The van der Waals surface area contributed by atoms with E-state index in [1.807, 2.05) is 11.8 Å². The zero-order chi connectivity index (χ0) is 29.1. The van der Waals surface area contributed by atoms with Gasteiger partial charge < -0.3 is 35.1 Å². The molecule has 0 saturated carbocycles. The van der Waals surface area contributed by atoms with E-state index in [4.69, 9.17) is 20.2 Å². The van der Waals surface area contributed by atoms with Gasteiger partial charge in [0.25, 0.3) is 5.56 Å². The van der Waals surface area contributed by atoms with Crippen molar-refractivity contribution in [2.75, 3.05) is 37.7 Å². The summed E-state index contributed by atoms with van der Waals surface area (Å²) in [5, 5.41) is 14.7. The molecule has 0 fully saturated rings. The number of esters is 1. The first-order valence-corrected chi connectivity index (χ1v) is 13.9. The second-order valence-electron chi connectivity index (χ2n) is 10.7. The van der Waals surface area contributed by atoms with Crippen LogP contribution in [0.5, 0.6) is 5.75 Å². The largest absolute Gasteiger partial charge is 0.486 e. The number of nitrogens with one attached hydrogen (secondary N) is 1. The fraction of sp³-hybridized carbons (Fsp3) is 0.448. The number of aryl methyl sites for hydroxylation is 1. The zero-order valence-electron chi connectivity index (χ0n) is 23.0. The van der Waals surface area contributed by atoms with Gasteiger partial charge in [-0.1, -0.05) is 6.92 Å². The summed E-state index contributed by atoms with van der Waals surface area (Å²) < 4.78 is 27.9.